The Labute approximate surface area is 265 Å². The average Bonchev–Trinajstić information content (AvgIpc) is 3.57. The van der Waals surface area contributed by atoms with Gasteiger partial charge < -0.3 is 24.8 Å². The van der Waals surface area contributed by atoms with Crippen molar-refractivity contribution in [2.24, 2.45) is 0 Å². The number of fused-ring (bicyclic) bond motifs is 6. The summed E-state index contributed by atoms with van der Waals surface area (Å²) in [5, 5.41) is 15.3. The van der Waals surface area contributed by atoms with E-state index < -0.39 is 5.82 Å². The van der Waals surface area contributed by atoms with Gasteiger partial charge in [0.15, 0.2) is 11.6 Å². The number of halogens is 3. The van der Waals surface area contributed by atoms with Crippen molar-refractivity contribution in [1.29, 1.82) is 0 Å². The molecule has 2 bridgehead atoms. The quantitative estimate of drug-likeness (QED) is 0.320. The number of hydrogen-bond donors (Lipinski definition) is 2. The summed E-state index contributed by atoms with van der Waals surface area (Å²) in [5.74, 6) is 0.484. The van der Waals surface area contributed by atoms with Gasteiger partial charge in [0.05, 0.1) is 22.0 Å². The van der Waals surface area contributed by atoms with Gasteiger partial charge in [-0.2, -0.15) is 9.97 Å². The van der Waals surface area contributed by atoms with Crippen LogP contribution in [0.2, 0.25) is 10.0 Å². The van der Waals surface area contributed by atoms with Gasteiger partial charge in [0.25, 0.3) is 0 Å². The van der Waals surface area contributed by atoms with E-state index in [1.54, 1.807) is 6.07 Å². The maximum absolute atomic E-state index is 17.1. The minimum Gasteiger partial charge on any atom is -0.508 e. The van der Waals surface area contributed by atoms with Gasteiger partial charge in [0.2, 0.25) is 0 Å². The summed E-state index contributed by atoms with van der Waals surface area (Å²) in [5.41, 5.74) is 2.58. The lowest BCUT2D eigenvalue weighted by molar-refractivity contribution is 0.108. The predicted octanol–water partition coefficient (Wildman–Crippen LogP) is 6.20. The number of phenolic OH excluding ortho intramolecular Hbond substituents is 1. The highest BCUT2D eigenvalue weighted by molar-refractivity contribution is 6.37. The third-order valence-electron chi connectivity index (χ3n) is 10.7. The van der Waals surface area contributed by atoms with Crippen LogP contribution in [0.1, 0.15) is 56.4 Å². The predicted molar refractivity (Wildman–Crippen MR) is 168 cm³/mol. The van der Waals surface area contributed by atoms with Crippen LogP contribution >= 0.6 is 23.2 Å². The van der Waals surface area contributed by atoms with Crippen molar-refractivity contribution in [1.82, 2.24) is 20.2 Å². The summed E-state index contributed by atoms with van der Waals surface area (Å²) >= 11 is 13.8. The molecule has 2 N–H and O–H groups in total. The molecule has 0 spiro atoms. The van der Waals surface area contributed by atoms with Gasteiger partial charge in [0.1, 0.15) is 30.3 Å². The third kappa shape index (κ3) is 4.08. The molecule has 3 aromatic rings. The van der Waals surface area contributed by atoms with Crippen molar-refractivity contribution >= 4 is 39.9 Å². The first-order valence-electron chi connectivity index (χ1n) is 15.7. The molecule has 8 nitrogen and oxygen atoms in total. The number of aromatic hydroxyl groups is 1. The Morgan fingerprint density at radius 2 is 2.07 bits per heavy atom. The minimum absolute atomic E-state index is 0.00556. The van der Waals surface area contributed by atoms with Crippen LogP contribution in [0.15, 0.2) is 24.3 Å². The van der Waals surface area contributed by atoms with Crippen molar-refractivity contribution in [3.63, 3.8) is 0 Å². The molecule has 230 valence electrons. The first-order valence-corrected chi connectivity index (χ1v) is 16.5. The Bertz CT molecular complexity index is 1750. The van der Waals surface area contributed by atoms with Crippen molar-refractivity contribution < 1.29 is 19.0 Å². The highest BCUT2D eigenvalue weighted by Crippen LogP contribution is 2.54. The van der Waals surface area contributed by atoms with Crippen LogP contribution in [0, 0.1) is 5.82 Å². The maximum Gasteiger partial charge on any atom is 0.319 e. The summed E-state index contributed by atoms with van der Waals surface area (Å²) in [6, 6.07) is 3.74. The molecule has 5 fully saturated rings. The van der Waals surface area contributed by atoms with Gasteiger partial charge in [0, 0.05) is 35.8 Å². The Kier molecular flexibility index (Phi) is 6.13. The SMILES string of the molecule is C=C1CN2CCCC2(COc2nc3c4c(c(Cl)c(-c5cc(O)cc(Cl)c5C5CC5)c(F)c4n2)OCC2C4CCC(CN32)N4)C1. The van der Waals surface area contributed by atoms with Crippen molar-refractivity contribution in [3.8, 4) is 28.6 Å². The number of ether oxygens (including phenoxy) is 2. The number of piperazine rings is 1. The number of nitrogens with zero attached hydrogens (tertiary/aromatic N) is 4. The van der Waals surface area contributed by atoms with E-state index in [0.717, 1.165) is 70.1 Å². The Balaban J connectivity index is 1.24. The van der Waals surface area contributed by atoms with Gasteiger partial charge in [-0.3, -0.25) is 4.90 Å². The number of aromatic nitrogens is 2. The molecule has 1 saturated carbocycles. The summed E-state index contributed by atoms with van der Waals surface area (Å²) in [6.45, 7) is 7.65. The molecule has 44 heavy (non-hydrogen) atoms. The molecule has 0 radical (unpaired) electrons. The molecule has 4 saturated heterocycles. The van der Waals surface area contributed by atoms with E-state index in [1.165, 1.54) is 11.6 Å². The Morgan fingerprint density at radius 1 is 1.20 bits per heavy atom. The zero-order valence-electron chi connectivity index (χ0n) is 24.3. The molecule has 1 aliphatic carbocycles. The Hall–Kier alpha value is -2.85. The summed E-state index contributed by atoms with van der Waals surface area (Å²) < 4.78 is 30.1. The van der Waals surface area contributed by atoms with Crippen LogP contribution in [0.25, 0.3) is 22.0 Å². The summed E-state index contributed by atoms with van der Waals surface area (Å²) in [6.07, 6.45) is 6.99. The number of rotatable bonds is 5. The number of benzene rings is 2. The zero-order chi connectivity index (χ0) is 29.9. The van der Waals surface area contributed by atoms with Crippen LogP contribution in [0.3, 0.4) is 0 Å². The van der Waals surface area contributed by atoms with Crippen LogP contribution in [0.4, 0.5) is 10.2 Å². The van der Waals surface area contributed by atoms with Crippen LogP contribution in [-0.4, -0.2) is 76.5 Å². The van der Waals surface area contributed by atoms with Crippen molar-refractivity contribution in [2.75, 3.05) is 37.7 Å². The molecular weight excluding hydrogens is 604 g/mol. The van der Waals surface area contributed by atoms with Crippen molar-refractivity contribution in [3.05, 3.63) is 45.7 Å². The highest BCUT2D eigenvalue weighted by Gasteiger charge is 2.48. The molecule has 5 aliphatic heterocycles. The normalized spacial score (nSPS) is 29.1. The first-order chi connectivity index (χ1) is 21.3. The van der Waals surface area contributed by atoms with Crippen LogP contribution < -0.4 is 19.7 Å². The molecule has 6 aliphatic rings. The van der Waals surface area contributed by atoms with Crippen molar-refractivity contribution in [2.45, 2.75) is 74.5 Å². The van der Waals surface area contributed by atoms with E-state index >= 15 is 4.39 Å². The maximum atomic E-state index is 17.1. The van der Waals surface area contributed by atoms with E-state index in [9.17, 15) is 5.11 Å². The van der Waals surface area contributed by atoms with E-state index in [1.807, 2.05) is 0 Å². The fourth-order valence-electron chi connectivity index (χ4n) is 8.63. The van der Waals surface area contributed by atoms with E-state index in [-0.39, 0.29) is 51.4 Å². The molecule has 0 amide bonds. The van der Waals surface area contributed by atoms with E-state index in [0.29, 0.717) is 46.8 Å². The smallest absolute Gasteiger partial charge is 0.319 e. The number of nitrogens with one attached hydrogen (secondary N) is 1. The van der Waals surface area contributed by atoms with Crippen LogP contribution in [-0.2, 0) is 0 Å². The van der Waals surface area contributed by atoms with Gasteiger partial charge in [-0.1, -0.05) is 35.4 Å². The first kappa shape index (κ1) is 27.5. The second kappa shape index (κ2) is 9.82. The largest absolute Gasteiger partial charge is 0.508 e. The third-order valence-corrected chi connectivity index (χ3v) is 11.4. The van der Waals surface area contributed by atoms with Gasteiger partial charge in [-0.05, 0) is 80.7 Å². The second-order valence-electron chi connectivity index (χ2n) is 13.6. The number of anilines is 1. The van der Waals surface area contributed by atoms with Gasteiger partial charge >= 0.3 is 6.01 Å². The Morgan fingerprint density at radius 3 is 2.91 bits per heavy atom. The molecule has 11 heteroatoms. The summed E-state index contributed by atoms with van der Waals surface area (Å²) in [4.78, 5) is 14.4. The topological polar surface area (TPSA) is 83.0 Å². The minimum atomic E-state index is -0.596. The molecule has 6 heterocycles. The lowest BCUT2D eigenvalue weighted by Gasteiger charge is -2.40. The zero-order valence-corrected chi connectivity index (χ0v) is 25.9. The number of hydrogen-bond acceptors (Lipinski definition) is 8. The lowest BCUT2D eigenvalue weighted by atomic mass is 9.94. The highest BCUT2D eigenvalue weighted by atomic mass is 35.5. The lowest BCUT2D eigenvalue weighted by Crippen LogP contribution is -2.60. The van der Waals surface area contributed by atoms with E-state index in [2.05, 4.69) is 21.7 Å². The summed E-state index contributed by atoms with van der Waals surface area (Å²) in [7, 11) is 0. The molecular formula is C33H34Cl2FN5O3. The molecule has 4 atom stereocenters. The fourth-order valence-corrected chi connectivity index (χ4v) is 9.33. The molecule has 2 aromatic carbocycles. The van der Waals surface area contributed by atoms with E-state index in [4.69, 9.17) is 42.6 Å². The fraction of sp³-hybridized carbons (Fsp3) is 0.515. The number of phenols is 1. The molecule has 9 rings (SSSR count). The standard InChI is InChI=1S/C33H34Cl2FN5O3/c1-16-11-33(7-2-8-40(33)12-16)15-44-32-38-29-26-30(43-14-23-22-6-5-18(37-22)13-41(23)31(26)39-32)27(35)25(28(29)36)20-9-19(42)10-21(34)24(20)17-3-4-17/h9-10,17-18,22-23,37,42H,1-8,11-15H2. The van der Waals surface area contributed by atoms with Gasteiger partial charge in [-0.25, -0.2) is 4.39 Å². The van der Waals surface area contributed by atoms with Crippen LogP contribution in [0.5, 0.6) is 17.5 Å². The second-order valence-corrected chi connectivity index (χ2v) is 14.4. The monoisotopic (exact) mass is 637 g/mol. The molecule has 1 aromatic heterocycles. The molecule has 4 unspecified atom stereocenters. The average molecular weight is 639 g/mol. The van der Waals surface area contributed by atoms with Gasteiger partial charge in [-0.15, -0.1) is 0 Å².